The van der Waals surface area contributed by atoms with Crippen molar-refractivity contribution in [3.63, 3.8) is 0 Å². The summed E-state index contributed by atoms with van der Waals surface area (Å²) in [4.78, 5) is 11.3. The Bertz CT molecular complexity index is 394. The number of nitrogens with zero attached hydrogens (tertiary/aromatic N) is 1. The predicted octanol–water partition coefficient (Wildman–Crippen LogP) is 1.86. The SMILES string of the molecule is Cc1ccccc1C=NNC(=O)C1CC1. The highest BCUT2D eigenvalue weighted by Gasteiger charge is 2.29. The molecule has 1 aromatic carbocycles. The Hall–Kier alpha value is -1.64. The van der Waals surface area contributed by atoms with E-state index in [4.69, 9.17) is 0 Å². The molecule has 0 radical (unpaired) electrons. The van der Waals surface area contributed by atoms with E-state index in [1.807, 2.05) is 31.2 Å². The van der Waals surface area contributed by atoms with Crippen LogP contribution in [0.1, 0.15) is 24.0 Å². The van der Waals surface area contributed by atoms with Gasteiger partial charge in [0.25, 0.3) is 0 Å². The highest BCUT2D eigenvalue weighted by molar-refractivity contribution is 5.85. The fourth-order valence-corrected chi connectivity index (χ4v) is 1.33. The van der Waals surface area contributed by atoms with Crippen LogP contribution in [0.5, 0.6) is 0 Å². The van der Waals surface area contributed by atoms with Crippen molar-refractivity contribution in [2.45, 2.75) is 19.8 Å². The number of carbonyl (C=O) groups excluding carboxylic acids is 1. The number of amides is 1. The Labute approximate surface area is 89.2 Å². The summed E-state index contributed by atoms with van der Waals surface area (Å²) >= 11 is 0. The molecule has 1 fully saturated rings. The van der Waals surface area contributed by atoms with E-state index >= 15 is 0 Å². The van der Waals surface area contributed by atoms with Crippen molar-refractivity contribution >= 4 is 12.1 Å². The summed E-state index contributed by atoms with van der Waals surface area (Å²) in [6.45, 7) is 2.02. The summed E-state index contributed by atoms with van der Waals surface area (Å²) in [6, 6.07) is 7.93. The highest BCUT2D eigenvalue weighted by atomic mass is 16.2. The van der Waals surface area contributed by atoms with Crippen molar-refractivity contribution in [1.29, 1.82) is 0 Å². The maximum absolute atomic E-state index is 11.3. The summed E-state index contributed by atoms with van der Waals surface area (Å²) in [7, 11) is 0. The molecule has 0 atom stereocenters. The van der Waals surface area contributed by atoms with Gasteiger partial charge < -0.3 is 0 Å². The third-order valence-corrected chi connectivity index (χ3v) is 2.51. The minimum absolute atomic E-state index is 0.0415. The highest BCUT2D eigenvalue weighted by Crippen LogP contribution is 2.28. The van der Waals surface area contributed by atoms with Gasteiger partial charge in [-0.25, -0.2) is 5.43 Å². The number of hydrogen-bond acceptors (Lipinski definition) is 2. The van der Waals surface area contributed by atoms with E-state index in [0.717, 1.165) is 24.0 Å². The standard InChI is InChI=1S/C12H14N2O/c1-9-4-2-3-5-11(9)8-13-14-12(15)10-6-7-10/h2-5,8,10H,6-7H2,1H3,(H,14,15). The topological polar surface area (TPSA) is 41.5 Å². The molecule has 0 saturated heterocycles. The summed E-state index contributed by atoms with van der Waals surface area (Å²) in [5.74, 6) is 0.249. The molecular weight excluding hydrogens is 188 g/mol. The van der Waals surface area contributed by atoms with Crippen LogP contribution in [0.3, 0.4) is 0 Å². The quantitative estimate of drug-likeness (QED) is 0.590. The monoisotopic (exact) mass is 202 g/mol. The number of benzene rings is 1. The number of carbonyl (C=O) groups is 1. The molecule has 0 heterocycles. The van der Waals surface area contributed by atoms with Crippen LogP contribution in [0, 0.1) is 12.8 Å². The Morgan fingerprint density at radius 2 is 2.20 bits per heavy atom. The molecule has 3 nitrogen and oxygen atoms in total. The average Bonchev–Trinajstić information content (AvgIpc) is 3.04. The molecule has 78 valence electrons. The lowest BCUT2D eigenvalue weighted by Crippen LogP contribution is -2.19. The van der Waals surface area contributed by atoms with Gasteiger partial charge in [-0.3, -0.25) is 4.79 Å². The predicted molar refractivity (Wildman–Crippen MR) is 59.6 cm³/mol. The minimum Gasteiger partial charge on any atom is -0.273 e. The van der Waals surface area contributed by atoms with Gasteiger partial charge in [0.2, 0.25) is 5.91 Å². The molecule has 0 aliphatic heterocycles. The smallest absolute Gasteiger partial charge is 0.243 e. The van der Waals surface area contributed by atoms with Crippen LogP contribution in [0.15, 0.2) is 29.4 Å². The van der Waals surface area contributed by atoms with Gasteiger partial charge in [0.1, 0.15) is 0 Å². The summed E-state index contributed by atoms with van der Waals surface area (Å²) in [5, 5.41) is 3.94. The normalized spacial score (nSPS) is 15.5. The van der Waals surface area contributed by atoms with E-state index < -0.39 is 0 Å². The number of hydrazone groups is 1. The average molecular weight is 202 g/mol. The van der Waals surface area contributed by atoms with Gasteiger partial charge in [-0.15, -0.1) is 0 Å². The fraction of sp³-hybridized carbons (Fsp3) is 0.333. The van der Waals surface area contributed by atoms with Crippen molar-refractivity contribution in [2.24, 2.45) is 11.0 Å². The molecule has 1 saturated carbocycles. The zero-order valence-electron chi connectivity index (χ0n) is 8.73. The largest absolute Gasteiger partial charge is 0.273 e. The van der Waals surface area contributed by atoms with E-state index in [2.05, 4.69) is 10.5 Å². The van der Waals surface area contributed by atoms with Crippen LogP contribution in [0.25, 0.3) is 0 Å². The van der Waals surface area contributed by atoms with Gasteiger partial charge in [0.05, 0.1) is 6.21 Å². The molecule has 1 aromatic rings. The van der Waals surface area contributed by atoms with Gasteiger partial charge in [-0.1, -0.05) is 24.3 Å². The molecule has 1 aliphatic carbocycles. The number of rotatable bonds is 3. The Balaban J connectivity index is 1.93. The molecule has 0 spiro atoms. The zero-order chi connectivity index (χ0) is 10.7. The van der Waals surface area contributed by atoms with Crippen molar-refractivity contribution in [1.82, 2.24) is 5.43 Å². The van der Waals surface area contributed by atoms with Crippen molar-refractivity contribution in [3.05, 3.63) is 35.4 Å². The van der Waals surface area contributed by atoms with Crippen LogP contribution in [-0.2, 0) is 4.79 Å². The second-order valence-corrected chi connectivity index (χ2v) is 3.87. The number of hydrogen-bond donors (Lipinski definition) is 1. The lowest BCUT2D eigenvalue weighted by atomic mass is 10.1. The number of nitrogens with one attached hydrogen (secondary N) is 1. The van der Waals surface area contributed by atoms with E-state index in [1.54, 1.807) is 6.21 Å². The Morgan fingerprint density at radius 3 is 2.87 bits per heavy atom. The van der Waals surface area contributed by atoms with Crippen LogP contribution >= 0.6 is 0 Å². The molecule has 1 amide bonds. The first kappa shape index (κ1) is 9.90. The molecule has 0 bridgehead atoms. The molecule has 1 aliphatic rings. The Kier molecular flexibility index (Phi) is 2.81. The Morgan fingerprint density at radius 1 is 1.47 bits per heavy atom. The third kappa shape index (κ3) is 2.65. The van der Waals surface area contributed by atoms with Gasteiger partial charge in [-0.2, -0.15) is 5.10 Å². The van der Waals surface area contributed by atoms with E-state index in [9.17, 15) is 4.79 Å². The third-order valence-electron chi connectivity index (χ3n) is 2.51. The fourth-order valence-electron chi connectivity index (χ4n) is 1.33. The van der Waals surface area contributed by atoms with Crippen LogP contribution in [0.4, 0.5) is 0 Å². The second-order valence-electron chi connectivity index (χ2n) is 3.87. The van der Waals surface area contributed by atoms with Crippen LogP contribution in [0.2, 0.25) is 0 Å². The van der Waals surface area contributed by atoms with Crippen molar-refractivity contribution in [2.75, 3.05) is 0 Å². The first-order valence-electron chi connectivity index (χ1n) is 5.16. The summed E-state index contributed by atoms with van der Waals surface area (Å²) in [6.07, 6.45) is 3.70. The molecule has 0 unspecified atom stereocenters. The minimum atomic E-state index is 0.0415. The maximum Gasteiger partial charge on any atom is 0.243 e. The summed E-state index contributed by atoms with van der Waals surface area (Å²) in [5.41, 5.74) is 4.74. The lowest BCUT2D eigenvalue weighted by molar-refractivity contribution is -0.122. The maximum atomic E-state index is 11.3. The second kappa shape index (κ2) is 4.26. The lowest BCUT2D eigenvalue weighted by Gasteiger charge is -1.98. The molecule has 1 N–H and O–H groups in total. The molecule has 3 heteroatoms. The van der Waals surface area contributed by atoms with Crippen LogP contribution < -0.4 is 5.43 Å². The molecule has 15 heavy (non-hydrogen) atoms. The molecule has 0 aromatic heterocycles. The molecular formula is C12H14N2O. The molecule has 2 rings (SSSR count). The zero-order valence-corrected chi connectivity index (χ0v) is 8.73. The van der Waals surface area contributed by atoms with Gasteiger partial charge in [-0.05, 0) is 30.9 Å². The summed E-state index contributed by atoms with van der Waals surface area (Å²) < 4.78 is 0. The number of aryl methyl sites for hydroxylation is 1. The first-order chi connectivity index (χ1) is 7.27. The van der Waals surface area contributed by atoms with Gasteiger partial charge in [0.15, 0.2) is 0 Å². The van der Waals surface area contributed by atoms with E-state index in [0.29, 0.717) is 0 Å². The first-order valence-corrected chi connectivity index (χ1v) is 5.16. The van der Waals surface area contributed by atoms with E-state index in [1.165, 1.54) is 0 Å². The van der Waals surface area contributed by atoms with Crippen molar-refractivity contribution < 1.29 is 4.79 Å². The van der Waals surface area contributed by atoms with Crippen LogP contribution in [-0.4, -0.2) is 12.1 Å². The van der Waals surface area contributed by atoms with Gasteiger partial charge in [0, 0.05) is 5.92 Å². The van der Waals surface area contributed by atoms with Crippen molar-refractivity contribution in [3.8, 4) is 0 Å². The van der Waals surface area contributed by atoms with Gasteiger partial charge >= 0.3 is 0 Å². The van der Waals surface area contributed by atoms with E-state index in [-0.39, 0.29) is 11.8 Å².